The third kappa shape index (κ3) is 5.29. The minimum absolute atomic E-state index is 0.157. The Morgan fingerprint density at radius 3 is 2.49 bits per heavy atom. The number of ether oxygens (including phenoxy) is 1. The van der Waals surface area contributed by atoms with Gasteiger partial charge in [-0.3, -0.25) is 4.79 Å². The number of hydrogen-bond acceptors (Lipinski definition) is 4. The zero-order chi connectivity index (χ0) is 26.8. The smallest absolute Gasteiger partial charge is 0.282 e. The van der Waals surface area contributed by atoms with E-state index in [0.717, 1.165) is 53.4 Å². The van der Waals surface area contributed by atoms with Crippen molar-refractivity contribution >= 4 is 51.1 Å². The highest BCUT2D eigenvalue weighted by Gasteiger charge is 2.22. The molecule has 39 heavy (non-hydrogen) atoms. The Morgan fingerprint density at radius 1 is 0.897 bits per heavy atom. The first-order chi connectivity index (χ1) is 19.1. The quantitative estimate of drug-likeness (QED) is 0.198. The molecule has 0 bridgehead atoms. The summed E-state index contributed by atoms with van der Waals surface area (Å²) in [6, 6.07) is 25.0. The van der Waals surface area contributed by atoms with Gasteiger partial charge in [-0.05, 0) is 59.5 Å². The molecule has 196 valence electrons. The van der Waals surface area contributed by atoms with E-state index in [1.165, 1.54) is 11.1 Å². The summed E-state index contributed by atoms with van der Waals surface area (Å²) in [6.45, 7) is 0.306. The van der Waals surface area contributed by atoms with Gasteiger partial charge in [0, 0.05) is 11.5 Å². The molecule has 0 saturated heterocycles. The van der Waals surface area contributed by atoms with Gasteiger partial charge in [-0.1, -0.05) is 91.0 Å². The first kappa shape index (κ1) is 25.6. The van der Waals surface area contributed by atoms with Crippen LogP contribution in [0.4, 0.5) is 0 Å². The molecule has 1 aliphatic carbocycles. The van der Waals surface area contributed by atoms with Gasteiger partial charge in [0.15, 0.2) is 0 Å². The zero-order valence-electron chi connectivity index (χ0n) is 21.3. The van der Waals surface area contributed by atoms with Crippen molar-refractivity contribution in [2.75, 3.05) is 0 Å². The van der Waals surface area contributed by atoms with E-state index >= 15 is 0 Å². The van der Waals surface area contributed by atoms with Gasteiger partial charge in [0.25, 0.3) is 5.56 Å². The minimum atomic E-state index is -0.157. The number of hydrogen-bond donors (Lipinski definition) is 0. The summed E-state index contributed by atoms with van der Waals surface area (Å²) >= 11 is 12.3. The second kappa shape index (κ2) is 11.2. The Bertz CT molecular complexity index is 1760. The minimum Gasteiger partial charge on any atom is -0.488 e. The Hall–Kier alpha value is -3.67. The topological polar surface area (TPSA) is 56.5 Å². The van der Waals surface area contributed by atoms with Gasteiger partial charge in [0.2, 0.25) is 0 Å². The summed E-state index contributed by atoms with van der Waals surface area (Å²) < 4.78 is 7.77. The maximum atomic E-state index is 13.7. The molecular formula is C32H27Cl2N3O2. The summed E-state index contributed by atoms with van der Waals surface area (Å²) in [6.07, 6.45) is 7.23. The molecule has 7 heteroatoms. The van der Waals surface area contributed by atoms with Crippen molar-refractivity contribution in [3.8, 4) is 5.75 Å². The summed E-state index contributed by atoms with van der Waals surface area (Å²) in [5.74, 6) is 1.59. The van der Waals surface area contributed by atoms with Crippen LogP contribution in [0.15, 0.2) is 88.8 Å². The van der Waals surface area contributed by atoms with E-state index in [1.807, 2.05) is 66.7 Å². The summed E-state index contributed by atoms with van der Waals surface area (Å²) in [4.78, 5) is 18.6. The molecule has 1 heterocycles. The average molecular weight is 556 g/mol. The van der Waals surface area contributed by atoms with Gasteiger partial charge in [-0.2, -0.15) is 9.78 Å². The van der Waals surface area contributed by atoms with Crippen LogP contribution in [0.5, 0.6) is 5.75 Å². The van der Waals surface area contributed by atoms with E-state index in [4.69, 9.17) is 38.0 Å². The zero-order valence-corrected chi connectivity index (χ0v) is 22.8. The van der Waals surface area contributed by atoms with Crippen molar-refractivity contribution in [3.05, 3.63) is 116 Å². The molecule has 0 radical (unpaired) electrons. The Morgan fingerprint density at radius 2 is 1.67 bits per heavy atom. The lowest BCUT2D eigenvalue weighted by Gasteiger charge is -2.22. The molecule has 1 aliphatic rings. The van der Waals surface area contributed by atoms with Gasteiger partial charge in [-0.25, -0.2) is 4.98 Å². The second-order valence-corrected chi connectivity index (χ2v) is 10.7. The molecule has 1 aromatic heterocycles. The number of nitrogens with zero attached hydrogens (tertiary/aromatic N) is 3. The monoisotopic (exact) mass is 555 g/mol. The van der Waals surface area contributed by atoms with Crippen LogP contribution in [0.25, 0.3) is 21.7 Å². The second-order valence-electron chi connectivity index (χ2n) is 9.92. The molecule has 1 fully saturated rings. The average Bonchev–Trinajstić information content (AvgIpc) is 2.98. The molecule has 0 amide bonds. The molecule has 6 rings (SSSR count). The molecule has 0 spiro atoms. The van der Waals surface area contributed by atoms with E-state index in [-0.39, 0.29) is 11.5 Å². The maximum absolute atomic E-state index is 13.7. The van der Waals surface area contributed by atoms with Crippen molar-refractivity contribution in [1.82, 2.24) is 9.66 Å². The largest absolute Gasteiger partial charge is 0.488 e. The van der Waals surface area contributed by atoms with E-state index in [1.54, 1.807) is 18.3 Å². The summed E-state index contributed by atoms with van der Waals surface area (Å²) in [5.41, 5.74) is 2.25. The van der Waals surface area contributed by atoms with Crippen LogP contribution in [0.3, 0.4) is 0 Å². The predicted octanol–water partition coefficient (Wildman–Crippen LogP) is 8.37. The van der Waals surface area contributed by atoms with Crippen LogP contribution in [-0.4, -0.2) is 15.9 Å². The molecule has 5 nitrogen and oxygen atoms in total. The lowest BCUT2D eigenvalue weighted by molar-refractivity contribution is 0.306. The fourth-order valence-electron chi connectivity index (χ4n) is 5.32. The fourth-order valence-corrected chi connectivity index (χ4v) is 5.64. The van der Waals surface area contributed by atoms with Crippen molar-refractivity contribution < 1.29 is 4.74 Å². The van der Waals surface area contributed by atoms with Gasteiger partial charge < -0.3 is 4.74 Å². The Balaban J connectivity index is 1.44. The molecule has 4 aromatic carbocycles. The lowest BCUT2D eigenvalue weighted by Crippen LogP contribution is -2.25. The number of halogens is 2. The van der Waals surface area contributed by atoms with E-state index in [2.05, 4.69) is 0 Å². The third-order valence-corrected chi connectivity index (χ3v) is 8.10. The van der Waals surface area contributed by atoms with Crippen LogP contribution in [0.1, 0.15) is 55.0 Å². The molecule has 0 aliphatic heterocycles. The van der Waals surface area contributed by atoms with Crippen molar-refractivity contribution in [2.24, 2.45) is 5.10 Å². The van der Waals surface area contributed by atoms with Crippen LogP contribution in [-0.2, 0) is 6.61 Å². The van der Waals surface area contributed by atoms with Crippen LogP contribution >= 0.6 is 23.2 Å². The van der Waals surface area contributed by atoms with E-state index in [9.17, 15) is 4.79 Å². The van der Waals surface area contributed by atoms with Gasteiger partial charge in [0.05, 0.1) is 27.2 Å². The molecule has 0 N–H and O–H groups in total. The number of fused-ring (bicyclic) bond motifs is 2. The summed E-state index contributed by atoms with van der Waals surface area (Å²) in [5, 5.41) is 8.37. The molecule has 0 atom stereocenters. The first-order valence-electron chi connectivity index (χ1n) is 13.2. The standard InChI is InChI=1S/C32H27Cl2N3O2/c33-27-16-14-21(18-28(27)34)20-39-30-17-15-22-8-4-5-11-24(22)26(30)19-35-37-31(23-9-2-1-3-10-23)36-29-13-7-6-12-25(29)32(37)38/h4-8,11-19,23H,1-3,9-10,20H2. The van der Waals surface area contributed by atoms with Crippen molar-refractivity contribution in [1.29, 1.82) is 0 Å². The molecule has 0 unspecified atom stereocenters. The number of aromatic nitrogens is 2. The highest BCUT2D eigenvalue weighted by molar-refractivity contribution is 6.42. The maximum Gasteiger partial charge on any atom is 0.282 e. The number of benzene rings is 4. The summed E-state index contributed by atoms with van der Waals surface area (Å²) in [7, 11) is 0. The van der Waals surface area contributed by atoms with Crippen molar-refractivity contribution in [2.45, 2.75) is 44.6 Å². The normalized spacial score (nSPS) is 14.4. The van der Waals surface area contributed by atoms with Crippen LogP contribution in [0.2, 0.25) is 10.0 Å². The SMILES string of the molecule is O=c1c2ccccc2nc(C2CCCCC2)n1N=Cc1c(OCc2ccc(Cl)c(Cl)c2)ccc2ccccc12. The highest BCUT2D eigenvalue weighted by atomic mass is 35.5. The van der Waals surface area contributed by atoms with Gasteiger partial charge in [0.1, 0.15) is 18.2 Å². The number of para-hydroxylation sites is 1. The molecule has 1 saturated carbocycles. The van der Waals surface area contributed by atoms with E-state index in [0.29, 0.717) is 33.3 Å². The Labute approximate surface area is 236 Å². The number of rotatable bonds is 6. The van der Waals surface area contributed by atoms with Gasteiger partial charge >= 0.3 is 0 Å². The first-order valence-corrected chi connectivity index (χ1v) is 14.0. The van der Waals surface area contributed by atoms with Crippen LogP contribution < -0.4 is 10.3 Å². The molecular weight excluding hydrogens is 529 g/mol. The van der Waals surface area contributed by atoms with Gasteiger partial charge in [-0.15, -0.1) is 0 Å². The predicted molar refractivity (Wildman–Crippen MR) is 160 cm³/mol. The fraction of sp³-hybridized carbons (Fsp3) is 0.219. The van der Waals surface area contributed by atoms with E-state index < -0.39 is 0 Å². The molecule has 5 aromatic rings. The third-order valence-electron chi connectivity index (χ3n) is 7.36. The lowest BCUT2D eigenvalue weighted by atomic mass is 9.88. The Kier molecular flexibility index (Phi) is 7.36. The highest BCUT2D eigenvalue weighted by Crippen LogP contribution is 2.32. The van der Waals surface area contributed by atoms with Crippen molar-refractivity contribution in [3.63, 3.8) is 0 Å². The van der Waals surface area contributed by atoms with Crippen LogP contribution in [0, 0.1) is 0 Å².